The molecule has 17 aromatic carbocycles. The van der Waals surface area contributed by atoms with E-state index in [0.29, 0.717) is 0 Å². The summed E-state index contributed by atoms with van der Waals surface area (Å²) in [7, 11) is 0. The summed E-state index contributed by atoms with van der Waals surface area (Å²) in [4.78, 5) is 30.3. The van der Waals surface area contributed by atoms with Gasteiger partial charge in [0.15, 0.2) is 17.5 Å². The van der Waals surface area contributed by atoms with Gasteiger partial charge in [-0.2, -0.15) is 0 Å². The maximum Gasteiger partial charge on any atom is 0.160 e. The molecule has 0 saturated heterocycles. The Hall–Kier alpha value is -16.0. The van der Waals surface area contributed by atoms with Crippen LogP contribution >= 0.6 is 0 Å². The van der Waals surface area contributed by atoms with Crippen LogP contribution in [0.25, 0.3) is 191 Å². The average Bonchev–Trinajstić information content (AvgIpc) is 1.56. The van der Waals surface area contributed by atoms with Gasteiger partial charge in [0.2, 0.25) is 0 Å². The van der Waals surface area contributed by atoms with Gasteiger partial charge in [0.1, 0.15) is 0 Å². The zero-order chi connectivity index (χ0) is 91.8. The summed E-state index contributed by atoms with van der Waals surface area (Å²) >= 11 is 0. The van der Waals surface area contributed by atoms with Crippen molar-refractivity contribution in [3.05, 3.63) is 482 Å². The first-order valence-electron chi connectivity index (χ1n) is 49.6. The highest BCUT2D eigenvalue weighted by Gasteiger charge is 2.48. The fourth-order valence-electron chi connectivity index (χ4n) is 23.7. The van der Waals surface area contributed by atoms with Crippen molar-refractivity contribution in [2.24, 2.45) is 0 Å². The Balaban J connectivity index is 0.000000113. The Kier molecular flexibility index (Phi) is 22.8. The predicted octanol–water partition coefficient (Wildman–Crippen LogP) is 34.5. The second-order valence-electron chi connectivity index (χ2n) is 38.2. The highest BCUT2D eigenvalue weighted by Crippen LogP contribution is 2.62. The maximum atomic E-state index is 5.10. The molecule has 6 nitrogen and oxygen atoms in total. The summed E-state index contributed by atoms with van der Waals surface area (Å²) in [6.07, 6.45) is 19.3. The van der Waals surface area contributed by atoms with Crippen molar-refractivity contribution in [2.75, 3.05) is 0 Å². The van der Waals surface area contributed by atoms with Crippen LogP contribution < -0.4 is 0 Å². The molecule has 0 amide bonds. The van der Waals surface area contributed by atoms with E-state index in [9.17, 15) is 0 Å². The minimum absolute atomic E-state index is 0.148. The Labute approximate surface area is 809 Å². The molecule has 3 fully saturated rings. The highest BCUT2D eigenvalue weighted by atomic mass is 14.9. The summed E-state index contributed by atoms with van der Waals surface area (Å²) in [5.41, 5.74) is 45.8. The number of aromatic nitrogens is 6. The third-order valence-electron chi connectivity index (χ3n) is 30.3. The van der Waals surface area contributed by atoms with Gasteiger partial charge < -0.3 is 0 Å². The monoisotopic (exact) mass is 1770 g/mol. The van der Waals surface area contributed by atoms with Gasteiger partial charge in [0, 0.05) is 66.3 Å². The second kappa shape index (κ2) is 37.0. The molecular weight excluding hydrogens is 1670 g/mol. The van der Waals surface area contributed by atoms with Gasteiger partial charge in [0.05, 0.1) is 34.2 Å². The molecule has 26 rings (SSSR count). The number of benzene rings is 17. The Morgan fingerprint density at radius 2 is 0.333 bits per heavy atom. The highest BCUT2D eigenvalue weighted by molar-refractivity contribution is 5.97. The molecule has 6 aliphatic carbocycles. The van der Waals surface area contributed by atoms with Crippen LogP contribution in [0.1, 0.15) is 130 Å². The van der Waals surface area contributed by atoms with E-state index in [4.69, 9.17) is 29.9 Å². The van der Waals surface area contributed by atoms with Gasteiger partial charge in [0.25, 0.3) is 0 Å². The van der Waals surface area contributed by atoms with Crippen LogP contribution in [0.3, 0.4) is 0 Å². The van der Waals surface area contributed by atoms with Gasteiger partial charge in [-0.3, -0.25) is 0 Å². The fourth-order valence-corrected chi connectivity index (χ4v) is 23.7. The zero-order valence-electron chi connectivity index (χ0n) is 77.5. The van der Waals surface area contributed by atoms with Gasteiger partial charge in [-0.25, -0.2) is 29.9 Å². The van der Waals surface area contributed by atoms with E-state index in [1.165, 1.54) is 219 Å². The molecule has 662 valence electrons. The van der Waals surface area contributed by atoms with Crippen molar-refractivity contribution >= 4 is 0 Å². The molecule has 3 spiro atoms. The van der Waals surface area contributed by atoms with E-state index in [1.54, 1.807) is 0 Å². The van der Waals surface area contributed by atoms with Gasteiger partial charge in [-0.05, 0) is 191 Å². The smallest absolute Gasteiger partial charge is 0.160 e. The molecule has 6 heteroatoms. The molecule has 0 bridgehead atoms. The van der Waals surface area contributed by atoms with Gasteiger partial charge in [-0.1, -0.05) is 476 Å². The van der Waals surface area contributed by atoms with Crippen molar-refractivity contribution in [3.8, 4) is 191 Å². The summed E-state index contributed by atoms with van der Waals surface area (Å²) < 4.78 is 0. The number of hydrogen-bond donors (Lipinski definition) is 0. The van der Waals surface area contributed by atoms with E-state index in [2.05, 4.69) is 413 Å². The number of fused-ring (bicyclic) bond motifs is 15. The Morgan fingerprint density at radius 3 is 0.638 bits per heavy atom. The maximum absolute atomic E-state index is 5.10. The molecule has 0 radical (unpaired) electrons. The molecule has 3 aromatic heterocycles. The number of hydrogen-bond acceptors (Lipinski definition) is 6. The van der Waals surface area contributed by atoms with Crippen molar-refractivity contribution in [2.45, 2.75) is 113 Å². The van der Waals surface area contributed by atoms with Crippen LogP contribution in [-0.2, 0) is 16.2 Å². The first-order valence-corrected chi connectivity index (χ1v) is 49.6. The molecular formula is C132H104N6. The predicted molar refractivity (Wildman–Crippen MR) is 570 cm³/mol. The first-order chi connectivity index (χ1) is 68.3. The van der Waals surface area contributed by atoms with Crippen LogP contribution in [0.15, 0.2) is 449 Å². The third-order valence-corrected chi connectivity index (χ3v) is 30.3. The lowest BCUT2D eigenvalue weighted by molar-refractivity contribution is 0.353. The van der Waals surface area contributed by atoms with E-state index < -0.39 is 0 Å². The molecule has 0 N–H and O–H groups in total. The molecule has 0 atom stereocenters. The summed E-state index contributed by atoms with van der Waals surface area (Å²) in [5, 5.41) is 0. The second-order valence-corrected chi connectivity index (χ2v) is 38.2. The lowest BCUT2D eigenvalue weighted by atomic mass is 9.68. The standard InChI is InChI=1S/2C46H36N2.C40H32N2/c1-4-14-33(15-5-1)42-31-43(34-16-6-2-7-17-34)48-45(47-42)35-26-24-32(25-27-35)36-18-12-19-37(30-36)38-21-13-23-41-44(38)39-20-8-9-22-40(39)46(41)28-10-3-11-29-46;1-4-13-35(14-5-1)42-31-43(36-15-6-2-7-16-36)48-45(47-42)37-27-23-33(24-28-37)32-21-25-34(26-22-32)38-18-12-20-41-44(38)39-17-8-9-19-40(39)46(41)29-10-3-11-30-46;1-4-14-28(15-5-1)36-27-37(29-16-6-2-7-17-29)42-39(41-36)31-19-12-18-30(26-31)32-21-13-23-35-38(32)33-20-8-9-22-34(33)40(35)24-10-3-11-25-40/h1-2,4-9,12-27,30-31H,3,10-11,28-29H2;1-2,4-9,12-28,31H,3,10-11,29-30H2;1-2,4-9,12-23,26-27H,3,10-11,24-25H2. The molecule has 0 aliphatic heterocycles. The largest absolute Gasteiger partial charge is 0.228 e. The SMILES string of the molecule is c1ccc(-c2cc(-c3ccccc3)nc(-c3ccc(-c4ccc(-c5cccc6c5-c5ccccc5C65CCCCC5)cc4)cc3)n2)cc1.c1ccc(-c2cc(-c3ccccc3)nc(-c3ccc(-c4cccc(-c5cccc6c5-c5ccccc5C65CCCCC5)c4)cc3)n2)cc1.c1ccc(-c2cc(-c3ccccc3)nc(-c3cccc(-c4cccc5c4-c4ccccc4C54CCCCC4)c3)n2)cc1. The van der Waals surface area contributed by atoms with E-state index in [0.717, 1.165) is 102 Å². The first kappa shape index (κ1) is 84.9. The molecule has 20 aromatic rings. The third kappa shape index (κ3) is 15.9. The minimum Gasteiger partial charge on any atom is -0.228 e. The number of nitrogens with zero attached hydrogens (tertiary/aromatic N) is 6. The van der Waals surface area contributed by atoms with Crippen LogP contribution in [0, 0.1) is 0 Å². The Bertz CT molecular complexity index is 7680. The van der Waals surface area contributed by atoms with E-state index in [-0.39, 0.29) is 16.2 Å². The van der Waals surface area contributed by atoms with E-state index in [1.807, 2.05) is 36.4 Å². The quantitative estimate of drug-likeness (QED) is 0.108. The zero-order valence-corrected chi connectivity index (χ0v) is 77.5. The normalized spacial score (nSPS) is 14.6. The molecule has 6 aliphatic rings. The topological polar surface area (TPSA) is 77.3 Å². The van der Waals surface area contributed by atoms with Crippen molar-refractivity contribution in [1.82, 2.24) is 29.9 Å². The van der Waals surface area contributed by atoms with Gasteiger partial charge in [-0.15, -0.1) is 0 Å². The molecule has 3 saturated carbocycles. The lowest BCUT2D eigenvalue weighted by Gasteiger charge is -2.36. The van der Waals surface area contributed by atoms with Crippen LogP contribution in [-0.4, -0.2) is 29.9 Å². The molecule has 3 heterocycles. The van der Waals surface area contributed by atoms with Crippen LogP contribution in [0.2, 0.25) is 0 Å². The average molecular weight is 1770 g/mol. The minimum atomic E-state index is 0.148. The van der Waals surface area contributed by atoms with Crippen LogP contribution in [0.5, 0.6) is 0 Å². The van der Waals surface area contributed by atoms with Crippen molar-refractivity contribution in [1.29, 1.82) is 0 Å². The molecule has 0 unspecified atom stereocenters. The summed E-state index contributed by atoms with van der Waals surface area (Å²) in [6.45, 7) is 0. The molecule has 138 heavy (non-hydrogen) atoms. The number of rotatable bonds is 14. The van der Waals surface area contributed by atoms with Gasteiger partial charge >= 0.3 is 0 Å². The Morgan fingerprint density at radius 1 is 0.130 bits per heavy atom. The van der Waals surface area contributed by atoms with Crippen molar-refractivity contribution in [3.63, 3.8) is 0 Å². The lowest BCUT2D eigenvalue weighted by Crippen LogP contribution is -2.27. The summed E-state index contributed by atoms with van der Waals surface area (Å²) in [6, 6.07) is 161. The summed E-state index contributed by atoms with van der Waals surface area (Å²) in [5.74, 6) is 2.20. The van der Waals surface area contributed by atoms with Crippen LogP contribution in [0.4, 0.5) is 0 Å². The fraction of sp³-hybridized carbons (Fsp3) is 0.136. The van der Waals surface area contributed by atoms with E-state index >= 15 is 0 Å². The van der Waals surface area contributed by atoms with Crippen molar-refractivity contribution < 1.29 is 0 Å².